The largest absolute Gasteiger partial charge is 0.449 e. The van der Waals surface area contributed by atoms with Gasteiger partial charge in [-0.15, -0.1) is 0 Å². The molecule has 0 spiro atoms. The van der Waals surface area contributed by atoms with Crippen LogP contribution in [0.3, 0.4) is 0 Å². The smallest absolute Gasteiger partial charge is 0.407 e. The fourth-order valence-electron chi connectivity index (χ4n) is 2.32. The van der Waals surface area contributed by atoms with Gasteiger partial charge >= 0.3 is 12.2 Å². The van der Waals surface area contributed by atoms with E-state index in [0.29, 0.717) is 81.4 Å². The van der Waals surface area contributed by atoms with Crippen molar-refractivity contribution in [2.75, 3.05) is 123 Å². The number of rotatable bonds is 32. The number of aliphatic imine (C=N–C) groups is 2. The molecule has 19 heteroatoms. The second-order valence-corrected chi connectivity index (χ2v) is 13.6. The Bertz CT molecular complexity index is 690. The molecule has 0 atom stereocenters. The number of hydrogen-bond acceptors (Lipinski definition) is 17. The third-order valence-corrected chi connectivity index (χ3v) is 8.84. The molecule has 0 rings (SSSR count). The number of aliphatic hydroxyl groups is 2. The second kappa shape index (κ2) is 37.3. The van der Waals surface area contributed by atoms with Crippen LogP contribution in [0.15, 0.2) is 9.98 Å². The lowest BCUT2D eigenvalue weighted by Gasteiger charge is -2.06. The summed E-state index contributed by atoms with van der Waals surface area (Å²) in [5.74, 6) is 7.17. The van der Waals surface area contributed by atoms with E-state index in [1.54, 1.807) is 47.0 Å². The summed E-state index contributed by atoms with van der Waals surface area (Å²) < 4.78 is 10.1. The summed E-state index contributed by atoms with van der Waals surface area (Å²) in [6.45, 7) is 3.92. The van der Waals surface area contributed by atoms with Gasteiger partial charge in [0.25, 0.3) is 0 Å². The minimum Gasteiger partial charge on any atom is -0.449 e. The van der Waals surface area contributed by atoms with Gasteiger partial charge in [0.2, 0.25) is 12.8 Å². The van der Waals surface area contributed by atoms with Crippen molar-refractivity contribution in [1.82, 2.24) is 10.6 Å². The van der Waals surface area contributed by atoms with Crippen LogP contribution < -0.4 is 10.6 Å². The van der Waals surface area contributed by atoms with E-state index in [1.807, 2.05) is 0 Å². The van der Waals surface area contributed by atoms with Gasteiger partial charge in [-0.25, -0.2) is 9.59 Å². The summed E-state index contributed by atoms with van der Waals surface area (Å²) in [4.78, 5) is 50.9. The van der Waals surface area contributed by atoms with Crippen molar-refractivity contribution in [2.24, 2.45) is 9.98 Å². The van der Waals surface area contributed by atoms with E-state index in [9.17, 15) is 9.59 Å². The van der Waals surface area contributed by atoms with Gasteiger partial charge in [-0.1, -0.05) is 0 Å². The van der Waals surface area contributed by atoms with Crippen LogP contribution in [-0.4, -0.2) is 159 Å². The van der Waals surface area contributed by atoms with Crippen LogP contribution in [0.5, 0.6) is 0 Å². The quantitative estimate of drug-likeness (QED) is 0.0262. The Morgan fingerprint density at radius 2 is 0.953 bits per heavy atom. The molecule has 252 valence electrons. The highest BCUT2D eigenvalue weighted by molar-refractivity contribution is 8.00. The highest BCUT2D eigenvalue weighted by Crippen LogP contribution is 2.02. The molecule has 43 heavy (non-hydrogen) atoms. The normalized spacial score (nSPS) is 11.2. The summed E-state index contributed by atoms with van der Waals surface area (Å²) in [5, 5.41) is 22.7. The number of carbonyl (C=O) groups is 2. The first-order valence-electron chi connectivity index (χ1n) is 13.7. The average Bonchev–Trinajstić information content (AvgIpc) is 3.00. The molecule has 0 saturated heterocycles. The molecular weight excluding hydrogens is 665 g/mol. The molecule has 0 aliphatic carbocycles. The Morgan fingerprint density at radius 1 is 0.558 bits per heavy atom. The highest BCUT2D eigenvalue weighted by Gasteiger charge is 2.02. The first kappa shape index (κ1) is 42.1. The lowest BCUT2D eigenvalue weighted by Crippen LogP contribution is -2.27. The van der Waals surface area contributed by atoms with Gasteiger partial charge < -0.3 is 40.1 Å². The molecule has 4 N–H and O–H groups in total. The molecule has 0 heterocycles. The molecule has 0 aromatic carbocycles. The van der Waals surface area contributed by atoms with Crippen LogP contribution in [-0.2, 0) is 29.0 Å². The van der Waals surface area contributed by atoms with Crippen LogP contribution in [0.1, 0.15) is 0 Å². The number of ether oxygens (including phenoxy) is 2. The van der Waals surface area contributed by atoms with E-state index in [1.165, 1.54) is 24.6 Å². The Hall–Kier alpha value is -0.930. The molecule has 14 nitrogen and oxygen atoms in total. The van der Waals surface area contributed by atoms with Gasteiger partial charge in [-0.2, -0.15) is 68.6 Å². The van der Waals surface area contributed by atoms with Crippen molar-refractivity contribution in [3.05, 3.63) is 0 Å². The third kappa shape index (κ3) is 37.2. The Morgan fingerprint density at radius 3 is 1.40 bits per heavy atom. The third-order valence-electron chi connectivity index (χ3n) is 4.15. The summed E-state index contributed by atoms with van der Waals surface area (Å²) in [6.07, 6.45) is 1.68. The number of aliphatic hydroxyl groups excluding tert-OH is 2. The summed E-state index contributed by atoms with van der Waals surface area (Å²) in [5.41, 5.74) is 0. The molecular formula is C24H46N4O10S5. The molecule has 0 saturated carbocycles. The van der Waals surface area contributed by atoms with E-state index in [-0.39, 0.29) is 13.2 Å². The number of amides is 2. The van der Waals surface area contributed by atoms with E-state index in [4.69, 9.17) is 39.2 Å². The maximum absolute atomic E-state index is 11.7. The lowest BCUT2D eigenvalue weighted by molar-refractivity contribution is -0.210. The van der Waals surface area contributed by atoms with E-state index in [0.717, 1.165) is 28.8 Å². The van der Waals surface area contributed by atoms with Crippen molar-refractivity contribution in [3.63, 3.8) is 0 Å². The van der Waals surface area contributed by atoms with Crippen LogP contribution in [0, 0.1) is 0 Å². The number of alkyl carbamates (subject to hydrolysis) is 2. The van der Waals surface area contributed by atoms with Gasteiger partial charge in [0.15, 0.2) is 0 Å². The Balaban J connectivity index is 3.29. The molecule has 0 aliphatic heterocycles. The van der Waals surface area contributed by atoms with Crippen molar-refractivity contribution in [3.8, 4) is 0 Å². The first-order valence-corrected chi connectivity index (χ1v) is 19.4. The molecule has 0 aromatic rings. The zero-order valence-electron chi connectivity index (χ0n) is 24.4. The predicted octanol–water partition coefficient (Wildman–Crippen LogP) is 2.04. The fraction of sp³-hybridized carbons (Fsp3) is 0.833. The van der Waals surface area contributed by atoms with E-state index >= 15 is 0 Å². The summed E-state index contributed by atoms with van der Waals surface area (Å²) in [6, 6.07) is 0. The second-order valence-electron chi connectivity index (χ2n) is 7.49. The minimum atomic E-state index is -0.435. The maximum atomic E-state index is 11.7. The zero-order chi connectivity index (χ0) is 31.3. The first-order chi connectivity index (χ1) is 21.2. The van der Waals surface area contributed by atoms with Gasteiger partial charge in [0.05, 0.1) is 26.3 Å². The SMILES string of the molecule is O=C(NCCSCC/N=C\OOCCSCCOC(=O)NCCSCC/N=C/OOCCSCCO)OCCSCCO. The molecule has 0 bridgehead atoms. The van der Waals surface area contributed by atoms with Gasteiger partial charge in [-0.3, -0.25) is 9.98 Å². The summed E-state index contributed by atoms with van der Waals surface area (Å²) >= 11 is 8.00. The summed E-state index contributed by atoms with van der Waals surface area (Å²) in [7, 11) is 0. The molecule has 2 amide bonds. The van der Waals surface area contributed by atoms with Gasteiger partial charge in [0.1, 0.15) is 26.4 Å². The predicted molar refractivity (Wildman–Crippen MR) is 180 cm³/mol. The van der Waals surface area contributed by atoms with E-state index in [2.05, 4.69) is 20.6 Å². The van der Waals surface area contributed by atoms with Crippen LogP contribution in [0.2, 0.25) is 0 Å². The molecule has 0 aromatic heterocycles. The molecule has 0 radical (unpaired) electrons. The Labute approximate surface area is 275 Å². The number of carbonyl (C=O) groups excluding carboxylic acids is 2. The standard InChI is InChI=1S/C24H46N4O10S5/c29-5-15-41-17-7-33-23(31)27-3-13-39-12-2-26-22-38-36-10-20-43-18-8-34-24(32)28-4-14-40-11-1-25-21-37-35-9-19-42-16-6-30/h21-22,29-30H,1-20H2,(H,27,31)(H,28,32)/b25-21+,26-22-. The van der Waals surface area contributed by atoms with Crippen molar-refractivity contribution in [2.45, 2.75) is 0 Å². The number of nitrogens with one attached hydrogen (secondary N) is 2. The monoisotopic (exact) mass is 710 g/mol. The van der Waals surface area contributed by atoms with Gasteiger partial charge in [-0.05, 0) is 0 Å². The number of nitrogens with zero attached hydrogens (tertiary/aromatic N) is 2. The topological polar surface area (TPSA) is 179 Å². The fourth-order valence-corrected chi connectivity index (χ4v) is 5.34. The molecule has 0 fully saturated rings. The van der Waals surface area contributed by atoms with Crippen LogP contribution >= 0.6 is 58.8 Å². The van der Waals surface area contributed by atoms with Crippen LogP contribution in [0.4, 0.5) is 9.59 Å². The average molecular weight is 711 g/mol. The maximum Gasteiger partial charge on any atom is 0.407 e. The molecule has 0 aliphatic rings. The number of hydrogen-bond donors (Lipinski definition) is 4. The molecule has 0 unspecified atom stereocenters. The van der Waals surface area contributed by atoms with E-state index < -0.39 is 12.2 Å². The lowest BCUT2D eigenvalue weighted by atomic mass is 10.7. The van der Waals surface area contributed by atoms with Crippen LogP contribution in [0.25, 0.3) is 0 Å². The van der Waals surface area contributed by atoms with Crippen molar-refractivity contribution >= 4 is 83.8 Å². The number of thioether (sulfide) groups is 5. The minimum absolute atomic E-state index is 0.126. The van der Waals surface area contributed by atoms with Crippen molar-refractivity contribution < 1.29 is 48.8 Å². The van der Waals surface area contributed by atoms with Crippen molar-refractivity contribution in [1.29, 1.82) is 0 Å². The van der Waals surface area contributed by atoms with Gasteiger partial charge in [0, 0.05) is 70.6 Å². The highest BCUT2D eigenvalue weighted by atomic mass is 32.2. The zero-order valence-corrected chi connectivity index (χ0v) is 28.5. The Kier molecular flexibility index (Phi) is 36.5.